The zero-order valence-corrected chi connectivity index (χ0v) is 15.2. The van der Waals surface area contributed by atoms with Gasteiger partial charge in [0, 0.05) is 38.6 Å². The van der Waals surface area contributed by atoms with Crippen LogP contribution in [0.4, 0.5) is 27.9 Å². The van der Waals surface area contributed by atoms with Crippen molar-refractivity contribution in [3.8, 4) is 0 Å². The number of nitrogens with zero attached hydrogens (tertiary/aromatic N) is 6. The van der Waals surface area contributed by atoms with Gasteiger partial charge in [0.25, 0.3) is 0 Å². The first-order chi connectivity index (χ1) is 13.3. The van der Waals surface area contributed by atoms with Crippen LogP contribution in [0.1, 0.15) is 25.7 Å². The Balaban J connectivity index is 1.48. The molecule has 5 rings (SSSR count). The topological polar surface area (TPSA) is 77.5 Å². The average Bonchev–Trinajstić information content (AvgIpc) is 3.13. The second kappa shape index (κ2) is 6.68. The van der Waals surface area contributed by atoms with Crippen LogP contribution in [0, 0.1) is 0 Å². The Hall–Kier alpha value is -2.90. The molecule has 3 aliphatic rings. The monoisotopic (exact) mass is 365 g/mol. The fraction of sp³-hybridized carbons (Fsp3) is 0.474. The lowest BCUT2D eigenvalue weighted by molar-refractivity contribution is 0.254. The smallest absolute Gasteiger partial charge is 0.329 e. The number of hydrogen-bond acceptors (Lipinski definition) is 6. The Labute approximate surface area is 158 Å². The van der Waals surface area contributed by atoms with Crippen molar-refractivity contribution < 1.29 is 4.79 Å². The molecule has 2 aromatic heterocycles. The van der Waals surface area contributed by atoms with Crippen LogP contribution in [0.25, 0.3) is 0 Å². The van der Waals surface area contributed by atoms with Crippen LogP contribution in [-0.4, -0.2) is 53.2 Å². The zero-order chi connectivity index (χ0) is 18.2. The second-order valence-corrected chi connectivity index (χ2v) is 7.34. The molecule has 0 aromatic carbocycles. The highest BCUT2D eigenvalue weighted by molar-refractivity contribution is 6.04. The van der Waals surface area contributed by atoms with Crippen molar-refractivity contribution in [3.63, 3.8) is 0 Å². The SMILES string of the molecule is O=C(Nc1cnccn1)N1c2nc(N3CCCCC3)ccc2N2CC[C@H]1C2. The van der Waals surface area contributed by atoms with Crippen LogP contribution in [0.2, 0.25) is 0 Å². The van der Waals surface area contributed by atoms with E-state index >= 15 is 0 Å². The van der Waals surface area contributed by atoms with Crippen LogP contribution in [-0.2, 0) is 0 Å². The first kappa shape index (κ1) is 16.3. The third kappa shape index (κ3) is 2.94. The highest BCUT2D eigenvalue weighted by Crippen LogP contribution is 2.40. The van der Waals surface area contributed by atoms with Gasteiger partial charge in [-0.25, -0.2) is 14.8 Å². The van der Waals surface area contributed by atoms with E-state index in [1.807, 2.05) is 4.90 Å². The predicted octanol–water partition coefficient (Wildman–Crippen LogP) is 2.49. The maximum Gasteiger partial charge on any atom is 0.329 e. The lowest BCUT2D eigenvalue weighted by atomic mass is 10.1. The number of rotatable bonds is 2. The minimum atomic E-state index is -0.188. The molecule has 8 nitrogen and oxygen atoms in total. The Kier molecular flexibility index (Phi) is 4.03. The minimum absolute atomic E-state index is 0.137. The van der Waals surface area contributed by atoms with Crippen LogP contribution >= 0.6 is 0 Å². The van der Waals surface area contributed by atoms with Crippen molar-refractivity contribution >= 4 is 29.2 Å². The van der Waals surface area contributed by atoms with E-state index in [1.54, 1.807) is 18.6 Å². The Morgan fingerprint density at radius 2 is 1.96 bits per heavy atom. The molecule has 5 heterocycles. The van der Waals surface area contributed by atoms with Crippen molar-refractivity contribution in [1.29, 1.82) is 0 Å². The van der Waals surface area contributed by atoms with Crippen molar-refractivity contribution in [3.05, 3.63) is 30.7 Å². The molecule has 0 spiro atoms. The molecule has 1 N–H and O–H groups in total. The summed E-state index contributed by atoms with van der Waals surface area (Å²) in [6, 6.07) is 4.17. The van der Waals surface area contributed by atoms with Gasteiger partial charge in [-0.15, -0.1) is 0 Å². The van der Waals surface area contributed by atoms with E-state index in [-0.39, 0.29) is 12.1 Å². The van der Waals surface area contributed by atoms with Crippen LogP contribution in [0.5, 0.6) is 0 Å². The molecule has 0 aliphatic carbocycles. The lowest BCUT2D eigenvalue weighted by Gasteiger charge is -2.37. The predicted molar refractivity (Wildman–Crippen MR) is 104 cm³/mol. The number of hydrogen-bond donors (Lipinski definition) is 1. The summed E-state index contributed by atoms with van der Waals surface area (Å²) in [4.78, 5) is 32.7. The van der Waals surface area contributed by atoms with Gasteiger partial charge in [0.2, 0.25) is 0 Å². The quantitative estimate of drug-likeness (QED) is 0.881. The summed E-state index contributed by atoms with van der Waals surface area (Å²) >= 11 is 0. The molecule has 27 heavy (non-hydrogen) atoms. The molecule has 2 fully saturated rings. The highest BCUT2D eigenvalue weighted by Gasteiger charge is 2.40. The maximum absolute atomic E-state index is 13.1. The minimum Gasteiger partial charge on any atom is -0.366 e. The van der Waals surface area contributed by atoms with E-state index in [9.17, 15) is 4.79 Å². The van der Waals surface area contributed by atoms with E-state index in [0.717, 1.165) is 49.9 Å². The fourth-order valence-corrected chi connectivity index (χ4v) is 4.29. The Morgan fingerprint density at radius 1 is 1.07 bits per heavy atom. The Morgan fingerprint density at radius 3 is 2.78 bits per heavy atom. The molecular formula is C19H23N7O. The first-order valence-corrected chi connectivity index (χ1v) is 9.67. The van der Waals surface area contributed by atoms with Gasteiger partial charge in [-0.05, 0) is 37.8 Å². The van der Waals surface area contributed by atoms with Gasteiger partial charge in [0.1, 0.15) is 5.82 Å². The molecule has 2 saturated heterocycles. The third-order valence-electron chi connectivity index (χ3n) is 5.63. The van der Waals surface area contributed by atoms with E-state index in [4.69, 9.17) is 4.98 Å². The summed E-state index contributed by atoms with van der Waals surface area (Å²) < 4.78 is 0. The van der Waals surface area contributed by atoms with Gasteiger partial charge in [0.05, 0.1) is 17.9 Å². The van der Waals surface area contributed by atoms with Crippen LogP contribution in [0.3, 0.4) is 0 Å². The summed E-state index contributed by atoms with van der Waals surface area (Å²) in [7, 11) is 0. The summed E-state index contributed by atoms with van der Waals surface area (Å²) in [5, 5.41) is 2.88. The lowest BCUT2D eigenvalue weighted by Crippen LogP contribution is -2.48. The molecule has 0 unspecified atom stereocenters. The van der Waals surface area contributed by atoms with Crippen molar-refractivity contribution in [2.24, 2.45) is 0 Å². The summed E-state index contributed by atoms with van der Waals surface area (Å²) in [5.74, 6) is 2.18. The van der Waals surface area contributed by atoms with Gasteiger partial charge in [-0.3, -0.25) is 15.2 Å². The largest absolute Gasteiger partial charge is 0.366 e. The number of pyridine rings is 1. The molecular weight excluding hydrogens is 342 g/mol. The van der Waals surface area contributed by atoms with Crippen molar-refractivity contribution in [2.75, 3.05) is 46.2 Å². The number of urea groups is 1. The van der Waals surface area contributed by atoms with Gasteiger partial charge in [-0.2, -0.15) is 0 Å². The average molecular weight is 365 g/mol. The number of carbonyl (C=O) groups excluding carboxylic acids is 1. The highest BCUT2D eigenvalue weighted by atomic mass is 16.2. The van der Waals surface area contributed by atoms with Gasteiger partial charge in [-0.1, -0.05) is 0 Å². The molecule has 140 valence electrons. The number of aromatic nitrogens is 3. The molecule has 8 heteroatoms. The van der Waals surface area contributed by atoms with E-state index in [0.29, 0.717) is 5.82 Å². The molecule has 0 saturated carbocycles. The zero-order valence-electron chi connectivity index (χ0n) is 15.2. The van der Waals surface area contributed by atoms with Crippen LogP contribution < -0.4 is 20.0 Å². The fourth-order valence-electron chi connectivity index (χ4n) is 4.29. The third-order valence-corrected chi connectivity index (χ3v) is 5.63. The number of fused-ring (bicyclic) bond motifs is 4. The second-order valence-electron chi connectivity index (χ2n) is 7.34. The van der Waals surface area contributed by atoms with Crippen molar-refractivity contribution in [2.45, 2.75) is 31.7 Å². The van der Waals surface area contributed by atoms with Gasteiger partial charge < -0.3 is 9.80 Å². The molecule has 2 amide bonds. The number of amides is 2. The van der Waals surface area contributed by atoms with Gasteiger partial charge in [0.15, 0.2) is 11.6 Å². The molecule has 2 bridgehead atoms. The van der Waals surface area contributed by atoms with E-state index in [2.05, 4.69) is 37.2 Å². The number of carbonyl (C=O) groups is 1. The number of nitrogens with one attached hydrogen (secondary N) is 1. The maximum atomic E-state index is 13.1. The van der Waals surface area contributed by atoms with Crippen LogP contribution in [0.15, 0.2) is 30.7 Å². The number of piperidine rings is 1. The summed E-state index contributed by atoms with van der Waals surface area (Å²) in [6.07, 6.45) is 9.35. The van der Waals surface area contributed by atoms with Gasteiger partial charge >= 0.3 is 6.03 Å². The molecule has 1 atom stereocenters. The standard InChI is InChI=1S/C19H23N7O/c27-19(22-16-12-20-7-8-21-16)26-14-6-11-25(13-14)15-4-5-17(23-18(15)26)24-9-2-1-3-10-24/h4-5,7-8,12,14H,1-3,6,9-11,13H2,(H,21,22,27)/t14-/m0/s1. The molecule has 3 aliphatic heterocycles. The molecule has 2 aromatic rings. The number of anilines is 4. The van der Waals surface area contributed by atoms with E-state index < -0.39 is 0 Å². The normalized spacial score (nSPS) is 21.2. The first-order valence-electron chi connectivity index (χ1n) is 9.67. The molecule has 0 radical (unpaired) electrons. The Bertz CT molecular complexity index is 837. The van der Waals surface area contributed by atoms with E-state index in [1.165, 1.54) is 19.3 Å². The summed E-state index contributed by atoms with van der Waals surface area (Å²) in [6.45, 7) is 3.87. The van der Waals surface area contributed by atoms with Crippen molar-refractivity contribution in [1.82, 2.24) is 15.0 Å². The summed E-state index contributed by atoms with van der Waals surface area (Å²) in [5.41, 5.74) is 1.04.